The second-order valence-electron chi connectivity index (χ2n) is 5.67. The lowest BCUT2D eigenvalue weighted by Crippen LogP contribution is -2.37. The van der Waals surface area contributed by atoms with Gasteiger partial charge >= 0.3 is 6.18 Å². The van der Waals surface area contributed by atoms with Crippen LogP contribution in [0.4, 0.5) is 24.5 Å². The van der Waals surface area contributed by atoms with E-state index in [1.807, 2.05) is 4.90 Å². The molecular formula is C15H15F3N4O2. The van der Waals surface area contributed by atoms with Crippen LogP contribution < -0.4 is 4.90 Å². The largest absolute Gasteiger partial charge is 0.435 e. The standard InChI is InChI=1S/C15H15F3N4O2/c16-15(17,18)14-7-9-21(19-14)11-4-3-8-20(10-11)12-5-1-2-6-13(12)22(23)24/h1-2,5-7,9,11H,3-4,8,10H2. The van der Waals surface area contributed by atoms with Crippen LogP contribution >= 0.6 is 0 Å². The van der Waals surface area contributed by atoms with E-state index >= 15 is 0 Å². The second kappa shape index (κ2) is 6.14. The fourth-order valence-electron chi connectivity index (χ4n) is 2.97. The Kier molecular flexibility index (Phi) is 4.16. The first-order chi connectivity index (χ1) is 11.4. The number of aromatic nitrogens is 2. The fraction of sp³-hybridized carbons (Fsp3) is 0.400. The van der Waals surface area contributed by atoms with Crippen LogP contribution in [0, 0.1) is 10.1 Å². The highest BCUT2D eigenvalue weighted by Crippen LogP contribution is 2.33. The van der Waals surface area contributed by atoms with Crippen LogP contribution in [0.1, 0.15) is 24.6 Å². The molecule has 1 aromatic carbocycles. The van der Waals surface area contributed by atoms with Gasteiger partial charge in [-0.3, -0.25) is 14.8 Å². The molecule has 0 bridgehead atoms. The maximum absolute atomic E-state index is 12.7. The zero-order valence-electron chi connectivity index (χ0n) is 12.6. The maximum Gasteiger partial charge on any atom is 0.435 e. The van der Waals surface area contributed by atoms with E-state index in [1.54, 1.807) is 18.2 Å². The van der Waals surface area contributed by atoms with Crippen molar-refractivity contribution in [1.82, 2.24) is 9.78 Å². The van der Waals surface area contributed by atoms with Gasteiger partial charge in [-0.15, -0.1) is 0 Å². The van der Waals surface area contributed by atoms with Crippen LogP contribution in [0.15, 0.2) is 36.5 Å². The quantitative estimate of drug-likeness (QED) is 0.632. The summed E-state index contributed by atoms with van der Waals surface area (Å²) >= 11 is 0. The number of nitro benzene ring substituents is 1. The van der Waals surface area contributed by atoms with Crippen molar-refractivity contribution in [2.75, 3.05) is 18.0 Å². The number of nitrogens with zero attached hydrogens (tertiary/aromatic N) is 4. The van der Waals surface area contributed by atoms with Gasteiger partial charge in [-0.2, -0.15) is 18.3 Å². The Labute approximate surface area is 135 Å². The van der Waals surface area contributed by atoms with Crippen LogP contribution in [0.2, 0.25) is 0 Å². The molecule has 1 saturated heterocycles. The predicted octanol–water partition coefficient (Wildman–Crippen LogP) is 3.65. The second-order valence-corrected chi connectivity index (χ2v) is 5.67. The molecule has 0 N–H and O–H groups in total. The molecule has 1 aromatic heterocycles. The molecule has 0 amide bonds. The van der Waals surface area contributed by atoms with Crippen molar-refractivity contribution in [3.8, 4) is 0 Å². The van der Waals surface area contributed by atoms with Gasteiger partial charge in [-0.05, 0) is 25.0 Å². The van der Waals surface area contributed by atoms with Crippen molar-refractivity contribution in [3.63, 3.8) is 0 Å². The first-order valence-electron chi connectivity index (χ1n) is 7.47. The van der Waals surface area contributed by atoms with Crippen LogP contribution in [-0.2, 0) is 6.18 Å². The highest BCUT2D eigenvalue weighted by Gasteiger charge is 2.35. The van der Waals surface area contributed by atoms with E-state index in [1.165, 1.54) is 16.9 Å². The lowest BCUT2D eigenvalue weighted by Gasteiger charge is -2.34. The van der Waals surface area contributed by atoms with Gasteiger partial charge < -0.3 is 4.90 Å². The smallest absolute Gasteiger partial charge is 0.364 e. The summed E-state index contributed by atoms with van der Waals surface area (Å²) in [4.78, 5) is 12.6. The Morgan fingerprint density at radius 3 is 2.67 bits per heavy atom. The Hall–Kier alpha value is -2.58. The molecule has 24 heavy (non-hydrogen) atoms. The molecule has 2 aromatic rings. The molecule has 1 unspecified atom stereocenters. The Balaban J connectivity index is 1.83. The van der Waals surface area contributed by atoms with E-state index in [2.05, 4.69) is 5.10 Å². The molecule has 1 fully saturated rings. The number of alkyl halides is 3. The molecule has 9 heteroatoms. The van der Waals surface area contributed by atoms with Gasteiger partial charge in [-0.1, -0.05) is 12.1 Å². The molecule has 1 atom stereocenters. The summed E-state index contributed by atoms with van der Waals surface area (Å²) in [7, 11) is 0. The maximum atomic E-state index is 12.7. The molecule has 0 spiro atoms. The number of anilines is 1. The van der Waals surface area contributed by atoms with Crippen LogP contribution in [-0.4, -0.2) is 27.8 Å². The van der Waals surface area contributed by atoms with Crippen molar-refractivity contribution >= 4 is 11.4 Å². The van der Waals surface area contributed by atoms with E-state index in [9.17, 15) is 23.3 Å². The highest BCUT2D eigenvalue weighted by atomic mass is 19.4. The number of para-hydroxylation sites is 2. The molecule has 1 aliphatic heterocycles. The van der Waals surface area contributed by atoms with Gasteiger partial charge in [0.15, 0.2) is 5.69 Å². The Morgan fingerprint density at radius 1 is 1.25 bits per heavy atom. The third-order valence-corrected chi connectivity index (χ3v) is 4.09. The molecule has 0 saturated carbocycles. The van der Waals surface area contributed by atoms with Gasteiger partial charge in [0, 0.05) is 25.4 Å². The third kappa shape index (κ3) is 3.19. The van der Waals surface area contributed by atoms with Crippen LogP contribution in [0.5, 0.6) is 0 Å². The van der Waals surface area contributed by atoms with Gasteiger partial charge in [0.2, 0.25) is 0 Å². The average molecular weight is 340 g/mol. The van der Waals surface area contributed by atoms with E-state index in [0.717, 1.165) is 12.5 Å². The van der Waals surface area contributed by atoms with E-state index in [4.69, 9.17) is 0 Å². The summed E-state index contributed by atoms with van der Waals surface area (Å²) in [6, 6.07) is 7.08. The van der Waals surface area contributed by atoms with Crippen molar-refractivity contribution in [2.24, 2.45) is 0 Å². The first-order valence-corrected chi connectivity index (χ1v) is 7.47. The zero-order valence-corrected chi connectivity index (χ0v) is 12.6. The topological polar surface area (TPSA) is 64.2 Å². The summed E-state index contributed by atoms with van der Waals surface area (Å²) in [6.45, 7) is 0.999. The lowest BCUT2D eigenvalue weighted by atomic mass is 10.0. The van der Waals surface area contributed by atoms with Crippen LogP contribution in [0.25, 0.3) is 0 Å². The van der Waals surface area contributed by atoms with E-state index in [0.29, 0.717) is 25.2 Å². The number of halogens is 3. The summed E-state index contributed by atoms with van der Waals surface area (Å²) in [6.07, 6.45) is -1.76. The summed E-state index contributed by atoms with van der Waals surface area (Å²) in [5.41, 5.74) is -0.449. The molecule has 0 aliphatic carbocycles. The average Bonchev–Trinajstić information content (AvgIpc) is 3.05. The van der Waals surface area contributed by atoms with Crippen LogP contribution in [0.3, 0.4) is 0 Å². The first kappa shape index (κ1) is 16.3. The number of rotatable bonds is 3. The van der Waals surface area contributed by atoms with Crippen molar-refractivity contribution < 1.29 is 18.1 Å². The zero-order chi connectivity index (χ0) is 17.3. The van der Waals surface area contributed by atoms with Gasteiger partial charge in [0.1, 0.15) is 5.69 Å². The molecule has 0 radical (unpaired) electrons. The number of hydrogen-bond acceptors (Lipinski definition) is 4. The number of nitro groups is 1. The predicted molar refractivity (Wildman–Crippen MR) is 80.8 cm³/mol. The molecule has 6 nitrogen and oxygen atoms in total. The van der Waals surface area contributed by atoms with Crippen molar-refractivity contribution in [1.29, 1.82) is 0 Å². The molecular weight excluding hydrogens is 325 g/mol. The van der Waals surface area contributed by atoms with E-state index < -0.39 is 16.8 Å². The SMILES string of the molecule is O=[N+]([O-])c1ccccc1N1CCCC(n2ccc(C(F)(F)F)n2)C1. The minimum atomic E-state index is -4.47. The number of hydrogen-bond donors (Lipinski definition) is 0. The van der Waals surface area contributed by atoms with Gasteiger partial charge in [-0.25, -0.2) is 0 Å². The minimum absolute atomic E-state index is 0.00500. The lowest BCUT2D eigenvalue weighted by molar-refractivity contribution is -0.384. The fourth-order valence-corrected chi connectivity index (χ4v) is 2.97. The highest BCUT2D eigenvalue weighted by molar-refractivity contribution is 5.63. The summed E-state index contributed by atoms with van der Waals surface area (Å²) in [5, 5.41) is 14.8. The Bertz CT molecular complexity index is 744. The molecule has 3 rings (SSSR count). The third-order valence-electron chi connectivity index (χ3n) is 4.09. The molecule has 1 aliphatic rings. The van der Waals surface area contributed by atoms with Gasteiger partial charge in [0.05, 0.1) is 11.0 Å². The van der Waals surface area contributed by atoms with Crippen molar-refractivity contribution in [3.05, 3.63) is 52.3 Å². The van der Waals surface area contributed by atoms with Crippen molar-refractivity contribution in [2.45, 2.75) is 25.1 Å². The number of piperidine rings is 1. The molecule has 128 valence electrons. The van der Waals surface area contributed by atoms with E-state index in [-0.39, 0.29) is 11.7 Å². The molecule has 2 heterocycles. The Morgan fingerprint density at radius 2 is 2.00 bits per heavy atom. The normalized spacial score (nSPS) is 18.6. The summed E-state index contributed by atoms with van der Waals surface area (Å²) < 4.78 is 39.4. The van der Waals surface area contributed by atoms with Gasteiger partial charge in [0.25, 0.3) is 5.69 Å². The minimum Gasteiger partial charge on any atom is -0.364 e. The summed E-state index contributed by atoms with van der Waals surface area (Å²) in [5.74, 6) is 0. The number of benzene rings is 1. The monoisotopic (exact) mass is 340 g/mol.